The normalized spacial score (nSPS) is 13.0. The molecule has 0 aliphatic heterocycles. The number of nitrogens with one attached hydrogen (secondary N) is 2. The molecule has 0 bridgehead atoms. The van der Waals surface area contributed by atoms with E-state index < -0.39 is 24.0 Å². The molecule has 0 saturated carbocycles. The molecule has 120 valence electrons. The molecule has 9 heteroatoms. The van der Waals surface area contributed by atoms with E-state index in [-0.39, 0.29) is 16.5 Å². The van der Waals surface area contributed by atoms with Crippen LogP contribution in [0.25, 0.3) is 0 Å². The van der Waals surface area contributed by atoms with Crippen molar-refractivity contribution in [1.82, 2.24) is 10.3 Å². The van der Waals surface area contributed by atoms with E-state index in [0.717, 1.165) is 10.9 Å². The Morgan fingerprint density at radius 2 is 2.35 bits per heavy atom. The molecule has 6 nitrogen and oxygen atoms in total. The van der Waals surface area contributed by atoms with Crippen LogP contribution < -0.4 is 10.6 Å². The smallest absolute Gasteiger partial charge is 0.404 e. The molecule has 2 atom stereocenters. The summed E-state index contributed by atoms with van der Waals surface area (Å²) in [7, 11) is 0. The summed E-state index contributed by atoms with van der Waals surface area (Å²) in [6, 6.07) is 5.23. The molecular formula is C14H12ClFN4O2S. The zero-order chi connectivity index (χ0) is 17.0. The van der Waals surface area contributed by atoms with Crippen molar-refractivity contribution >= 4 is 34.8 Å². The fourth-order valence-corrected chi connectivity index (χ4v) is 3.04. The molecule has 0 aromatic carbocycles. The highest BCUT2D eigenvalue weighted by molar-refractivity contribution is 7.10. The van der Waals surface area contributed by atoms with Crippen LogP contribution in [0.3, 0.4) is 0 Å². The second-order valence-corrected chi connectivity index (χ2v) is 5.98. The van der Waals surface area contributed by atoms with Gasteiger partial charge in [0, 0.05) is 4.88 Å². The minimum Gasteiger partial charge on any atom is -0.465 e. The summed E-state index contributed by atoms with van der Waals surface area (Å²) in [5, 5.41) is 24.6. The number of rotatable bonds is 5. The number of amides is 1. The SMILES string of the molecule is C[C@H](NC(=O)O)[C@H](Nc1nc(Cl)c(C#N)cc1F)c1cccs1. The van der Waals surface area contributed by atoms with Gasteiger partial charge in [-0.2, -0.15) is 5.26 Å². The molecule has 0 saturated heterocycles. The Hall–Kier alpha value is -2.37. The fraction of sp³-hybridized carbons (Fsp3) is 0.214. The third-order valence-corrected chi connectivity index (χ3v) is 4.29. The number of halogens is 2. The Balaban J connectivity index is 2.33. The lowest BCUT2D eigenvalue weighted by Crippen LogP contribution is -2.39. The Kier molecular flexibility index (Phi) is 5.36. The van der Waals surface area contributed by atoms with Gasteiger partial charge in [0.25, 0.3) is 0 Å². The highest BCUT2D eigenvalue weighted by Crippen LogP contribution is 2.28. The molecule has 0 aliphatic rings. The minimum atomic E-state index is -1.19. The van der Waals surface area contributed by atoms with E-state index >= 15 is 0 Å². The molecule has 0 radical (unpaired) electrons. The quantitative estimate of drug-likeness (QED) is 0.712. The molecule has 0 unspecified atom stereocenters. The number of thiophene rings is 1. The molecule has 23 heavy (non-hydrogen) atoms. The summed E-state index contributed by atoms with van der Waals surface area (Å²) < 4.78 is 14.1. The molecular weight excluding hydrogens is 343 g/mol. The van der Waals surface area contributed by atoms with Gasteiger partial charge in [-0.3, -0.25) is 0 Å². The van der Waals surface area contributed by atoms with Crippen LogP contribution in [0, 0.1) is 17.1 Å². The van der Waals surface area contributed by atoms with Crippen LogP contribution in [0.4, 0.5) is 15.0 Å². The Morgan fingerprint density at radius 3 is 2.91 bits per heavy atom. The number of nitrogens with zero attached hydrogens (tertiary/aromatic N) is 2. The van der Waals surface area contributed by atoms with E-state index in [1.165, 1.54) is 11.3 Å². The summed E-state index contributed by atoms with van der Waals surface area (Å²) in [5.41, 5.74) is -0.0703. The first-order valence-corrected chi connectivity index (χ1v) is 7.73. The second-order valence-electron chi connectivity index (χ2n) is 4.64. The van der Waals surface area contributed by atoms with Crippen LogP contribution in [-0.4, -0.2) is 22.2 Å². The molecule has 2 aromatic rings. The van der Waals surface area contributed by atoms with Crippen LogP contribution >= 0.6 is 22.9 Å². The van der Waals surface area contributed by atoms with Gasteiger partial charge >= 0.3 is 6.09 Å². The Labute approximate surface area is 140 Å². The van der Waals surface area contributed by atoms with Gasteiger partial charge in [-0.1, -0.05) is 17.7 Å². The van der Waals surface area contributed by atoms with E-state index in [2.05, 4.69) is 15.6 Å². The predicted octanol–water partition coefficient (Wildman–Crippen LogP) is 3.62. The van der Waals surface area contributed by atoms with Crippen molar-refractivity contribution in [3.05, 3.63) is 45.0 Å². The number of aromatic nitrogens is 1. The highest BCUT2D eigenvalue weighted by Gasteiger charge is 2.24. The van der Waals surface area contributed by atoms with Crippen LogP contribution in [0.15, 0.2) is 23.6 Å². The van der Waals surface area contributed by atoms with Crippen molar-refractivity contribution in [3.63, 3.8) is 0 Å². The average Bonchev–Trinajstić information content (AvgIpc) is 3.00. The maximum atomic E-state index is 14.1. The number of nitriles is 1. The summed E-state index contributed by atoms with van der Waals surface area (Å²) in [4.78, 5) is 15.5. The number of anilines is 1. The fourth-order valence-electron chi connectivity index (χ4n) is 1.98. The van der Waals surface area contributed by atoms with Crippen LogP contribution in [-0.2, 0) is 0 Å². The lowest BCUT2D eigenvalue weighted by atomic mass is 10.1. The van der Waals surface area contributed by atoms with E-state index in [1.54, 1.807) is 25.1 Å². The van der Waals surface area contributed by atoms with E-state index in [4.69, 9.17) is 22.0 Å². The number of hydrogen-bond acceptors (Lipinski definition) is 5. The van der Waals surface area contributed by atoms with Crippen molar-refractivity contribution in [2.24, 2.45) is 0 Å². The van der Waals surface area contributed by atoms with Gasteiger partial charge in [0.1, 0.15) is 11.2 Å². The number of carboxylic acid groups (broad SMARTS) is 1. The van der Waals surface area contributed by atoms with Gasteiger partial charge in [0.2, 0.25) is 0 Å². The average molecular weight is 355 g/mol. The van der Waals surface area contributed by atoms with Crippen molar-refractivity contribution < 1.29 is 14.3 Å². The molecule has 3 N–H and O–H groups in total. The van der Waals surface area contributed by atoms with Gasteiger partial charge in [-0.15, -0.1) is 11.3 Å². The van der Waals surface area contributed by atoms with Crippen molar-refractivity contribution in [2.45, 2.75) is 19.0 Å². The number of carbonyl (C=O) groups is 1. The van der Waals surface area contributed by atoms with Gasteiger partial charge < -0.3 is 15.7 Å². The lowest BCUT2D eigenvalue weighted by molar-refractivity contribution is 0.189. The molecule has 2 rings (SSSR count). The van der Waals surface area contributed by atoms with Crippen molar-refractivity contribution in [2.75, 3.05) is 5.32 Å². The van der Waals surface area contributed by atoms with Crippen molar-refractivity contribution in [3.8, 4) is 6.07 Å². The maximum absolute atomic E-state index is 14.1. The zero-order valence-corrected chi connectivity index (χ0v) is 13.5. The van der Waals surface area contributed by atoms with E-state index in [1.807, 2.05) is 5.38 Å². The minimum absolute atomic E-state index is 0.0703. The number of pyridine rings is 1. The molecule has 2 aromatic heterocycles. The number of hydrogen-bond donors (Lipinski definition) is 3. The Morgan fingerprint density at radius 1 is 1.61 bits per heavy atom. The third-order valence-electron chi connectivity index (χ3n) is 3.04. The third kappa shape index (κ3) is 4.09. The van der Waals surface area contributed by atoms with Crippen LogP contribution in [0.5, 0.6) is 0 Å². The topological polar surface area (TPSA) is 98.0 Å². The van der Waals surface area contributed by atoms with E-state index in [0.29, 0.717) is 0 Å². The zero-order valence-electron chi connectivity index (χ0n) is 11.9. The highest BCUT2D eigenvalue weighted by atomic mass is 35.5. The van der Waals surface area contributed by atoms with Crippen LogP contribution in [0.1, 0.15) is 23.4 Å². The second kappa shape index (κ2) is 7.26. The first-order chi connectivity index (χ1) is 10.9. The van der Waals surface area contributed by atoms with E-state index in [9.17, 15) is 9.18 Å². The van der Waals surface area contributed by atoms with Crippen LogP contribution in [0.2, 0.25) is 5.15 Å². The standard InChI is InChI=1S/C14H12ClFN4O2S/c1-7(18-14(21)22)11(10-3-2-4-23-10)19-13-9(16)5-8(6-17)12(15)20-13/h2-5,7,11,18H,1H3,(H,19,20)(H,21,22)/t7-,11-/m0/s1. The molecule has 1 amide bonds. The summed E-state index contributed by atoms with van der Waals surface area (Å²) in [5.74, 6) is -0.888. The van der Waals surface area contributed by atoms with Gasteiger partial charge in [-0.05, 0) is 24.4 Å². The predicted molar refractivity (Wildman–Crippen MR) is 85.2 cm³/mol. The largest absolute Gasteiger partial charge is 0.465 e. The monoisotopic (exact) mass is 354 g/mol. The van der Waals surface area contributed by atoms with Crippen molar-refractivity contribution in [1.29, 1.82) is 5.26 Å². The van der Waals surface area contributed by atoms with Gasteiger partial charge in [0.15, 0.2) is 11.6 Å². The summed E-state index contributed by atoms with van der Waals surface area (Å²) in [6.45, 7) is 1.65. The molecule has 2 heterocycles. The first-order valence-electron chi connectivity index (χ1n) is 6.48. The van der Waals surface area contributed by atoms with Gasteiger partial charge in [0.05, 0.1) is 17.6 Å². The Bertz CT molecular complexity index is 748. The lowest BCUT2D eigenvalue weighted by Gasteiger charge is -2.25. The summed E-state index contributed by atoms with van der Waals surface area (Å²) >= 11 is 7.22. The maximum Gasteiger partial charge on any atom is 0.404 e. The molecule has 0 spiro atoms. The first kappa shape index (κ1) is 17.0. The van der Waals surface area contributed by atoms with Gasteiger partial charge in [-0.25, -0.2) is 14.2 Å². The summed E-state index contributed by atoms with van der Waals surface area (Å²) in [6.07, 6.45) is -1.19. The molecule has 0 aliphatic carbocycles. The molecule has 0 fully saturated rings.